The summed E-state index contributed by atoms with van der Waals surface area (Å²) in [6.07, 6.45) is 4.29. The fourth-order valence-electron chi connectivity index (χ4n) is 2.04. The van der Waals surface area contributed by atoms with E-state index < -0.39 is 0 Å². The molecule has 0 bridgehead atoms. The molecule has 16 heavy (non-hydrogen) atoms. The van der Waals surface area contributed by atoms with Crippen molar-refractivity contribution in [1.29, 1.82) is 0 Å². The zero-order valence-corrected chi connectivity index (χ0v) is 11.0. The predicted octanol–water partition coefficient (Wildman–Crippen LogP) is 2.96. The van der Waals surface area contributed by atoms with Crippen molar-refractivity contribution in [2.45, 2.75) is 53.1 Å². The number of H-pyrrole nitrogens is 1. The highest BCUT2D eigenvalue weighted by Gasteiger charge is 2.12. The molecule has 0 spiro atoms. The Labute approximate surface area is 99.0 Å². The van der Waals surface area contributed by atoms with Gasteiger partial charge in [-0.25, -0.2) is 0 Å². The number of hydrogen-bond acceptors (Lipinski definition) is 2. The van der Waals surface area contributed by atoms with Crippen molar-refractivity contribution in [2.24, 2.45) is 11.8 Å². The summed E-state index contributed by atoms with van der Waals surface area (Å²) in [6, 6.07) is 2.64. The Bertz CT molecular complexity index is 255. The van der Waals surface area contributed by atoms with E-state index in [1.165, 1.54) is 12.8 Å². The van der Waals surface area contributed by atoms with Crippen LogP contribution in [0, 0.1) is 11.8 Å². The molecule has 0 radical (unpaired) electrons. The lowest BCUT2D eigenvalue weighted by Crippen LogP contribution is -2.31. The van der Waals surface area contributed by atoms with E-state index >= 15 is 0 Å². The Hall–Kier alpha value is -0.830. The molecule has 0 fully saturated rings. The lowest BCUT2D eigenvalue weighted by molar-refractivity contribution is 0.357. The average molecular weight is 223 g/mol. The summed E-state index contributed by atoms with van der Waals surface area (Å²) in [5, 5.41) is 10.6. The first-order valence-corrected chi connectivity index (χ1v) is 6.29. The molecular formula is C13H25N3. The molecule has 0 amide bonds. The molecule has 1 rings (SSSR count). The SMILES string of the molecule is CC(C)CC(CC(C)C)NCc1ccn[nH]1. The molecule has 3 heteroatoms. The molecule has 0 aliphatic heterocycles. The molecule has 0 saturated heterocycles. The quantitative estimate of drug-likeness (QED) is 0.746. The van der Waals surface area contributed by atoms with Crippen LogP contribution in [0.25, 0.3) is 0 Å². The first kappa shape index (κ1) is 13.2. The molecule has 2 N–H and O–H groups in total. The summed E-state index contributed by atoms with van der Waals surface area (Å²) in [5.41, 5.74) is 1.16. The molecule has 1 aromatic heterocycles. The van der Waals surface area contributed by atoms with Crippen LogP contribution in [0.15, 0.2) is 12.3 Å². The molecule has 0 unspecified atom stereocenters. The van der Waals surface area contributed by atoms with E-state index in [1.807, 2.05) is 6.07 Å². The molecule has 0 aliphatic rings. The summed E-state index contributed by atoms with van der Waals surface area (Å²) >= 11 is 0. The topological polar surface area (TPSA) is 40.7 Å². The second kappa shape index (κ2) is 6.69. The zero-order chi connectivity index (χ0) is 12.0. The van der Waals surface area contributed by atoms with Crippen molar-refractivity contribution < 1.29 is 0 Å². The molecule has 0 saturated carbocycles. The van der Waals surface area contributed by atoms with E-state index in [0.717, 1.165) is 24.1 Å². The molecule has 0 aromatic carbocycles. The summed E-state index contributed by atoms with van der Waals surface area (Å²) in [5.74, 6) is 1.50. The van der Waals surface area contributed by atoms with Crippen molar-refractivity contribution in [3.63, 3.8) is 0 Å². The van der Waals surface area contributed by atoms with Gasteiger partial charge in [-0.05, 0) is 30.7 Å². The fraction of sp³-hybridized carbons (Fsp3) is 0.769. The Morgan fingerprint density at radius 1 is 1.19 bits per heavy atom. The van der Waals surface area contributed by atoms with Gasteiger partial charge in [0, 0.05) is 24.5 Å². The maximum Gasteiger partial charge on any atom is 0.0490 e. The highest BCUT2D eigenvalue weighted by Crippen LogP contribution is 2.13. The van der Waals surface area contributed by atoms with E-state index in [9.17, 15) is 0 Å². The second-order valence-corrected chi connectivity index (χ2v) is 5.42. The summed E-state index contributed by atoms with van der Waals surface area (Å²) < 4.78 is 0. The number of hydrogen-bond donors (Lipinski definition) is 2. The largest absolute Gasteiger partial charge is 0.308 e. The summed E-state index contributed by atoms with van der Waals surface area (Å²) in [6.45, 7) is 10.0. The van der Waals surface area contributed by atoms with Crippen LogP contribution in [0.4, 0.5) is 0 Å². The molecule has 92 valence electrons. The van der Waals surface area contributed by atoms with Gasteiger partial charge in [0.05, 0.1) is 0 Å². The van der Waals surface area contributed by atoms with Gasteiger partial charge in [-0.2, -0.15) is 5.10 Å². The third-order valence-corrected chi connectivity index (χ3v) is 2.65. The van der Waals surface area contributed by atoms with Gasteiger partial charge in [-0.3, -0.25) is 5.10 Å². The van der Waals surface area contributed by atoms with Crippen LogP contribution in [0.2, 0.25) is 0 Å². The van der Waals surface area contributed by atoms with Crippen molar-refractivity contribution in [2.75, 3.05) is 0 Å². The van der Waals surface area contributed by atoms with Gasteiger partial charge in [-0.1, -0.05) is 27.7 Å². The third kappa shape index (κ3) is 5.31. The highest BCUT2D eigenvalue weighted by molar-refractivity contribution is 4.97. The summed E-state index contributed by atoms with van der Waals surface area (Å²) in [7, 11) is 0. The van der Waals surface area contributed by atoms with Crippen molar-refractivity contribution in [1.82, 2.24) is 15.5 Å². The number of rotatable bonds is 7. The molecule has 1 heterocycles. The van der Waals surface area contributed by atoms with Gasteiger partial charge < -0.3 is 5.32 Å². The maximum absolute atomic E-state index is 3.96. The van der Waals surface area contributed by atoms with E-state index in [-0.39, 0.29) is 0 Å². The Kier molecular flexibility index (Phi) is 5.53. The lowest BCUT2D eigenvalue weighted by Gasteiger charge is -2.22. The van der Waals surface area contributed by atoms with Crippen molar-refractivity contribution >= 4 is 0 Å². The molecular weight excluding hydrogens is 198 g/mol. The standard InChI is InChI=1S/C13H25N3/c1-10(2)7-13(8-11(3)4)14-9-12-5-6-15-16-12/h5-6,10-11,13-14H,7-9H2,1-4H3,(H,15,16). The minimum atomic E-state index is 0.614. The minimum absolute atomic E-state index is 0.614. The molecule has 0 aliphatic carbocycles. The van der Waals surface area contributed by atoms with Crippen LogP contribution in [0.1, 0.15) is 46.2 Å². The minimum Gasteiger partial charge on any atom is -0.308 e. The third-order valence-electron chi connectivity index (χ3n) is 2.65. The van der Waals surface area contributed by atoms with Crippen LogP contribution in [-0.4, -0.2) is 16.2 Å². The Morgan fingerprint density at radius 2 is 1.81 bits per heavy atom. The number of aromatic amines is 1. The van der Waals surface area contributed by atoms with Crippen molar-refractivity contribution in [3.05, 3.63) is 18.0 Å². The van der Waals surface area contributed by atoms with Crippen molar-refractivity contribution in [3.8, 4) is 0 Å². The van der Waals surface area contributed by atoms with E-state index in [2.05, 4.69) is 43.2 Å². The Morgan fingerprint density at radius 3 is 2.25 bits per heavy atom. The number of nitrogens with zero attached hydrogens (tertiary/aromatic N) is 1. The van der Waals surface area contributed by atoms with Gasteiger partial charge in [-0.15, -0.1) is 0 Å². The van der Waals surface area contributed by atoms with Gasteiger partial charge in [0.25, 0.3) is 0 Å². The first-order chi connectivity index (χ1) is 7.58. The monoisotopic (exact) mass is 223 g/mol. The van der Waals surface area contributed by atoms with E-state index in [4.69, 9.17) is 0 Å². The second-order valence-electron chi connectivity index (χ2n) is 5.42. The van der Waals surface area contributed by atoms with E-state index in [1.54, 1.807) is 6.20 Å². The highest BCUT2D eigenvalue weighted by atomic mass is 15.1. The molecule has 1 aromatic rings. The van der Waals surface area contributed by atoms with Crippen LogP contribution in [0.3, 0.4) is 0 Å². The summed E-state index contributed by atoms with van der Waals surface area (Å²) in [4.78, 5) is 0. The lowest BCUT2D eigenvalue weighted by atomic mass is 9.95. The smallest absolute Gasteiger partial charge is 0.0490 e. The van der Waals surface area contributed by atoms with Crippen LogP contribution < -0.4 is 5.32 Å². The molecule has 3 nitrogen and oxygen atoms in total. The molecule has 0 atom stereocenters. The average Bonchev–Trinajstić information content (AvgIpc) is 2.64. The van der Waals surface area contributed by atoms with Gasteiger partial charge in [0.15, 0.2) is 0 Å². The van der Waals surface area contributed by atoms with Gasteiger partial charge >= 0.3 is 0 Å². The first-order valence-electron chi connectivity index (χ1n) is 6.29. The number of nitrogens with one attached hydrogen (secondary N) is 2. The fourth-order valence-corrected chi connectivity index (χ4v) is 2.04. The van der Waals surface area contributed by atoms with Crippen LogP contribution in [0.5, 0.6) is 0 Å². The number of aromatic nitrogens is 2. The van der Waals surface area contributed by atoms with Crippen LogP contribution >= 0.6 is 0 Å². The zero-order valence-electron chi connectivity index (χ0n) is 11.0. The van der Waals surface area contributed by atoms with E-state index in [0.29, 0.717) is 6.04 Å². The van der Waals surface area contributed by atoms with Crippen LogP contribution in [-0.2, 0) is 6.54 Å². The van der Waals surface area contributed by atoms with Gasteiger partial charge in [0.2, 0.25) is 0 Å². The Balaban J connectivity index is 2.37. The van der Waals surface area contributed by atoms with Gasteiger partial charge in [0.1, 0.15) is 0 Å². The maximum atomic E-state index is 3.96. The predicted molar refractivity (Wildman–Crippen MR) is 68.1 cm³/mol. The normalized spacial score (nSPS) is 11.9.